The molecule has 1 aliphatic heterocycles. The number of carbonyl (C=O) groups excluding carboxylic acids is 1. The van der Waals surface area contributed by atoms with Gasteiger partial charge in [0, 0.05) is 30.6 Å². The van der Waals surface area contributed by atoms with E-state index in [0.717, 1.165) is 0 Å². The van der Waals surface area contributed by atoms with Gasteiger partial charge in [0.2, 0.25) is 15.9 Å². The van der Waals surface area contributed by atoms with Crippen molar-refractivity contribution in [2.75, 3.05) is 13.1 Å². The molecule has 0 spiro atoms. The summed E-state index contributed by atoms with van der Waals surface area (Å²) >= 11 is 5.82. The van der Waals surface area contributed by atoms with Crippen molar-refractivity contribution >= 4 is 27.5 Å². The molecule has 3 rings (SSSR count). The number of likely N-dealkylation sites (tertiary alicyclic amines) is 1. The lowest BCUT2D eigenvalue weighted by molar-refractivity contribution is -0.133. The van der Waals surface area contributed by atoms with E-state index in [1.165, 1.54) is 44.2 Å². The molecule has 2 fully saturated rings. The second-order valence-electron chi connectivity index (χ2n) is 7.44. The second-order valence-corrected chi connectivity index (χ2v) is 9.59. The van der Waals surface area contributed by atoms with Crippen molar-refractivity contribution in [3.8, 4) is 0 Å². The van der Waals surface area contributed by atoms with Gasteiger partial charge in [-0.05, 0) is 55.9 Å². The maximum atomic E-state index is 12.5. The van der Waals surface area contributed by atoms with Crippen LogP contribution in [0.3, 0.4) is 0 Å². The van der Waals surface area contributed by atoms with Gasteiger partial charge in [-0.15, -0.1) is 0 Å². The number of sulfonamides is 1. The van der Waals surface area contributed by atoms with Crippen LogP contribution < -0.4 is 4.72 Å². The first-order valence-corrected chi connectivity index (χ1v) is 11.4. The fourth-order valence-corrected chi connectivity index (χ4v) is 5.35. The second kappa shape index (κ2) is 8.72. The summed E-state index contributed by atoms with van der Waals surface area (Å²) in [6.07, 6.45) is 8.09. The minimum absolute atomic E-state index is 0.130. The van der Waals surface area contributed by atoms with Crippen LogP contribution in [-0.4, -0.2) is 38.4 Å². The number of nitrogens with zero attached hydrogens (tertiary/aromatic N) is 1. The Labute approximate surface area is 161 Å². The van der Waals surface area contributed by atoms with Gasteiger partial charge in [-0.1, -0.05) is 30.9 Å². The number of piperidine rings is 1. The quantitative estimate of drug-likeness (QED) is 0.824. The van der Waals surface area contributed by atoms with Crippen LogP contribution in [0.4, 0.5) is 0 Å². The van der Waals surface area contributed by atoms with Gasteiger partial charge in [-0.3, -0.25) is 4.79 Å². The summed E-state index contributed by atoms with van der Waals surface area (Å²) in [6.45, 7) is 1.25. The zero-order chi connectivity index (χ0) is 18.6. The molecule has 7 heteroatoms. The van der Waals surface area contributed by atoms with Crippen molar-refractivity contribution in [3.63, 3.8) is 0 Å². The molecule has 0 bridgehead atoms. The van der Waals surface area contributed by atoms with E-state index in [-0.39, 0.29) is 16.8 Å². The number of hydrogen-bond donors (Lipinski definition) is 1. The fourth-order valence-electron chi connectivity index (χ4n) is 3.92. The number of benzene rings is 1. The van der Waals surface area contributed by atoms with Gasteiger partial charge in [0.1, 0.15) is 0 Å². The predicted molar refractivity (Wildman–Crippen MR) is 103 cm³/mol. The standard InChI is InChI=1S/C19H27ClN2O3S/c20-16-6-8-18(9-7-16)26(24,25)21-17-10-12-22(13-11-17)19(23)14-15-4-2-1-3-5-15/h6-9,15,17,21H,1-5,10-14H2. The van der Waals surface area contributed by atoms with Gasteiger partial charge in [0.25, 0.3) is 0 Å². The van der Waals surface area contributed by atoms with Crippen molar-refractivity contribution in [2.45, 2.75) is 62.3 Å². The van der Waals surface area contributed by atoms with Crippen molar-refractivity contribution in [1.29, 1.82) is 0 Å². The summed E-state index contributed by atoms with van der Waals surface area (Å²) in [7, 11) is -3.55. The van der Waals surface area contributed by atoms with E-state index in [0.29, 0.717) is 43.3 Å². The van der Waals surface area contributed by atoms with Crippen LogP contribution in [-0.2, 0) is 14.8 Å². The molecule has 0 aromatic heterocycles. The molecule has 1 aliphatic carbocycles. The third-order valence-corrected chi connectivity index (χ3v) is 7.27. The van der Waals surface area contributed by atoms with Crippen molar-refractivity contribution < 1.29 is 13.2 Å². The third-order valence-electron chi connectivity index (χ3n) is 5.48. The normalized spacial score (nSPS) is 20.3. The highest BCUT2D eigenvalue weighted by Crippen LogP contribution is 2.27. The number of halogens is 1. The van der Waals surface area contributed by atoms with Crippen LogP contribution in [0.1, 0.15) is 51.4 Å². The van der Waals surface area contributed by atoms with Gasteiger partial charge in [-0.25, -0.2) is 13.1 Å². The Kier molecular flexibility index (Phi) is 6.59. The molecule has 1 aromatic carbocycles. The Hall–Kier alpha value is -1.11. The lowest BCUT2D eigenvalue weighted by Gasteiger charge is -2.33. The van der Waals surface area contributed by atoms with Crippen LogP contribution in [0.2, 0.25) is 5.02 Å². The average molecular weight is 399 g/mol. The van der Waals surface area contributed by atoms with Gasteiger partial charge in [0.15, 0.2) is 0 Å². The molecule has 1 saturated heterocycles. The molecule has 26 heavy (non-hydrogen) atoms. The lowest BCUT2D eigenvalue weighted by atomic mass is 9.86. The number of rotatable bonds is 5. The summed E-state index contributed by atoms with van der Waals surface area (Å²) < 4.78 is 27.7. The SMILES string of the molecule is O=C(CC1CCCCC1)N1CCC(NS(=O)(=O)c2ccc(Cl)cc2)CC1. The van der Waals surface area contributed by atoms with Gasteiger partial charge < -0.3 is 4.90 Å². The van der Waals surface area contributed by atoms with Crippen LogP contribution >= 0.6 is 11.6 Å². The first kappa shape index (κ1) is 19.6. The van der Waals surface area contributed by atoms with Crippen LogP contribution in [0.5, 0.6) is 0 Å². The van der Waals surface area contributed by atoms with E-state index >= 15 is 0 Å². The highest BCUT2D eigenvalue weighted by atomic mass is 35.5. The first-order chi connectivity index (χ1) is 12.4. The number of hydrogen-bond acceptors (Lipinski definition) is 3. The molecule has 1 amide bonds. The molecule has 1 N–H and O–H groups in total. The lowest BCUT2D eigenvalue weighted by Crippen LogP contribution is -2.46. The van der Waals surface area contributed by atoms with E-state index in [1.807, 2.05) is 4.90 Å². The van der Waals surface area contributed by atoms with Crippen molar-refractivity contribution in [3.05, 3.63) is 29.3 Å². The number of amides is 1. The predicted octanol–water partition coefficient (Wildman–Crippen LogP) is 3.58. The highest BCUT2D eigenvalue weighted by molar-refractivity contribution is 7.89. The molecule has 5 nitrogen and oxygen atoms in total. The monoisotopic (exact) mass is 398 g/mol. The highest BCUT2D eigenvalue weighted by Gasteiger charge is 2.28. The first-order valence-electron chi connectivity index (χ1n) is 9.50. The summed E-state index contributed by atoms with van der Waals surface area (Å²) in [5.74, 6) is 0.772. The summed E-state index contributed by atoms with van der Waals surface area (Å²) in [6, 6.07) is 6.03. The van der Waals surface area contributed by atoms with Gasteiger partial charge >= 0.3 is 0 Å². The Morgan fingerprint density at radius 1 is 1.04 bits per heavy atom. The van der Waals surface area contributed by atoms with E-state index in [9.17, 15) is 13.2 Å². The Balaban J connectivity index is 1.48. The minimum Gasteiger partial charge on any atom is -0.343 e. The zero-order valence-corrected chi connectivity index (χ0v) is 16.6. The van der Waals surface area contributed by atoms with Gasteiger partial charge in [-0.2, -0.15) is 0 Å². The van der Waals surface area contributed by atoms with Gasteiger partial charge in [0.05, 0.1) is 4.90 Å². The maximum Gasteiger partial charge on any atom is 0.240 e. The van der Waals surface area contributed by atoms with E-state index < -0.39 is 10.0 Å². The number of nitrogens with one attached hydrogen (secondary N) is 1. The maximum absolute atomic E-state index is 12.5. The fraction of sp³-hybridized carbons (Fsp3) is 0.632. The molecule has 0 atom stereocenters. The minimum atomic E-state index is -3.55. The molecule has 1 aromatic rings. The molecule has 0 unspecified atom stereocenters. The third kappa shape index (κ3) is 5.21. The molecule has 1 saturated carbocycles. The zero-order valence-electron chi connectivity index (χ0n) is 15.0. The Bertz CT molecular complexity index is 707. The molecule has 1 heterocycles. The molecule has 144 valence electrons. The van der Waals surface area contributed by atoms with E-state index in [1.54, 1.807) is 12.1 Å². The molecule has 2 aliphatic rings. The molecular formula is C19H27ClN2O3S. The topological polar surface area (TPSA) is 66.5 Å². The van der Waals surface area contributed by atoms with Crippen molar-refractivity contribution in [1.82, 2.24) is 9.62 Å². The largest absolute Gasteiger partial charge is 0.343 e. The smallest absolute Gasteiger partial charge is 0.240 e. The Morgan fingerprint density at radius 3 is 2.27 bits per heavy atom. The molecule has 0 radical (unpaired) electrons. The van der Waals surface area contributed by atoms with Crippen LogP contribution in [0.15, 0.2) is 29.2 Å². The average Bonchev–Trinajstić information content (AvgIpc) is 2.63. The summed E-state index contributed by atoms with van der Waals surface area (Å²) in [5.41, 5.74) is 0. The van der Waals surface area contributed by atoms with Crippen LogP contribution in [0.25, 0.3) is 0 Å². The van der Waals surface area contributed by atoms with Crippen LogP contribution in [0, 0.1) is 5.92 Å². The van der Waals surface area contributed by atoms with E-state index in [4.69, 9.17) is 11.6 Å². The van der Waals surface area contributed by atoms with E-state index in [2.05, 4.69) is 4.72 Å². The summed E-state index contributed by atoms with van der Waals surface area (Å²) in [5, 5.41) is 0.508. The Morgan fingerprint density at radius 2 is 1.65 bits per heavy atom. The van der Waals surface area contributed by atoms with Crippen molar-refractivity contribution in [2.24, 2.45) is 5.92 Å². The molecular weight excluding hydrogens is 372 g/mol. The summed E-state index contributed by atoms with van der Waals surface area (Å²) in [4.78, 5) is 14.6. The number of carbonyl (C=O) groups is 1.